The van der Waals surface area contributed by atoms with Crippen molar-refractivity contribution in [3.63, 3.8) is 0 Å². The van der Waals surface area contributed by atoms with Crippen LogP contribution in [0.25, 0.3) is 0 Å². The van der Waals surface area contributed by atoms with Crippen LogP contribution in [0.15, 0.2) is 10.6 Å². The van der Waals surface area contributed by atoms with Crippen LogP contribution in [-0.4, -0.2) is 28.5 Å². The average molecular weight is 184 g/mol. The summed E-state index contributed by atoms with van der Waals surface area (Å²) < 4.78 is 4.86. The summed E-state index contributed by atoms with van der Waals surface area (Å²) in [5.41, 5.74) is 0. The topological polar surface area (TPSA) is 92.4 Å². The molecule has 6 nitrogen and oxygen atoms in total. The molecule has 0 aromatic carbocycles. The summed E-state index contributed by atoms with van der Waals surface area (Å²) in [6.45, 7) is 1.20. The molecule has 0 saturated carbocycles. The van der Waals surface area contributed by atoms with Gasteiger partial charge in [0.2, 0.25) is 0 Å². The first-order valence-corrected chi connectivity index (χ1v) is 3.52. The minimum atomic E-state index is -1.11. The number of oxazole rings is 1. The molecule has 0 radical (unpaired) electrons. The van der Waals surface area contributed by atoms with Crippen molar-refractivity contribution < 1.29 is 19.1 Å². The molecule has 1 aromatic rings. The van der Waals surface area contributed by atoms with E-state index in [0.29, 0.717) is 5.76 Å². The Kier molecular flexibility index (Phi) is 2.63. The molecular formula is C7H8N2O4. The number of aliphatic carboxylic acids is 1. The Hall–Kier alpha value is -1.85. The first kappa shape index (κ1) is 9.24. The van der Waals surface area contributed by atoms with Crippen LogP contribution >= 0.6 is 0 Å². The molecule has 0 bridgehead atoms. The fraction of sp³-hybridized carbons (Fsp3) is 0.286. The number of carbonyl (C=O) groups is 2. The predicted molar refractivity (Wildman–Crippen MR) is 41.2 cm³/mol. The molecule has 1 rings (SSSR count). The molecule has 0 fully saturated rings. The fourth-order valence-electron chi connectivity index (χ4n) is 0.691. The predicted octanol–water partition coefficient (Wildman–Crippen LogP) is -0.203. The van der Waals surface area contributed by atoms with Gasteiger partial charge in [-0.15, -0.1) is 0 Å². The number of carbonyl (C=O) groups excluding carboxylic acids is 1. The summed E-state index contributed by atoms with van der Waals surface area (Å²) in [6, 6.07) is 0. The molecule has 0 aliphatic rings. The average Bonchev–Trinajstić information content (AvgIpc) is 2.47. The Morgan fingerprint density at radius 2 is 2.38 bits per heavy atom. The summed E-state index contributed by atoms with van der Waals surface area (Å²) in [6.07, 6.45) is 1.38. The Morgan fingerprint density at radius 1 is 1.69 bits per heavy atom. The van der Waals surface area contributed by atoms with Crippen molar-refractivity contribution in [1.82, 2.24) is 10.3 Å². The SMILES string of the molecule is Cc1cnc(C(=O)NCC(=O)O)o1. The normalized spacial score (nSPS) is 9.62. The number of hydrogen-bond donors (Lipinski definition) is 2. The highest BCUT2D eigenvalue weighted by Crippen LogP contribution is 2.00. The molecular weight excluding hydrogens is 176 g/mol. The molecule has 70 valence electrons. The quantitative estimate of drug-likeness (QED) is 0.678. The molecule has 0 saturated heterocycles. The first-order valence-electron chi connectivity index (χ1n) is 3.52. The lowest BCUT2D eigenvalue weighted by Crippen LogP contribution is -2.29. The van der Waals surface area contributed by atoms with E-state index in [4.69, 9.17) is 9.52 Å². The van der Waals surface area contributed by atoms with E-state index in [1.165, 1.54) is 6.20 Å². The molecule has 0 unspecified atom stereocenters. The Labute approximate surface area is 73.6 Å². The zero-order valence-electron chi connectivity index (χ0n) is 6.90. The van der Waals surface area contributed by atoms with Gasteiger partial charge in [0.15, 0.2) is 0 Å². The molecule has 0 aliphatic heterocycles. The van der Waals surface area contributed by atoms with Gasteiger partial charge in [-0.05, 0) is 6.92 Å². The highest BCUT2D eigenvalue weighted by Gasteiger charge is 2.11. The van der Waals surface area contributed by atoms with E-state index in [9.17, 15) is 9.59 Å². The number of amides is 1. The van der Waals surface area contributed by atoms with E-state index in [1.807, 2.05) is 0 Å². The maximum absolute atomic E-state index is 11.0. The van der Waals surface area contributed by atoms with Crippen LogP contribution < -0.4 is 5.32 Å². The number of rotatable bonds is 3. The largest absolute Gasteiger partial charge is 0.480 e. The van der Waals surface area contributed by atoms with E-state index in [1.54, 1.807) is 6.92 Å². The molecule has 1 amide bonds. The number of carboxylic acid groups (broad SMARTS) is 1. The zero-order valence-corrected chi connectivity index (χ0v) is 6.90. The monoisotopic (exact) mass is 184 g/mol. The molecule has 13 heavy (non-hydrogen) atoms. The van der Waals surface area contributed by atoms with Crippen LogP contribution in [0.4, 0.5) is 0 Å². The molecule has 1 heterocycles. The van der Waals surface area contributed by atoms with Gasteiger partial charge in [-0.3, -0.25) is 9.59 Å². The van der Waals surface area contributed by atoms with Gasteiger partial charge in [-0.1, -0.05) is 0 Å². The standard InChI is InChI=1S/C7H8N2O4/c1-4-2-9-7(13-4)6(12)8-3-5(10)11/h2H,3H2,1H3,(H,8,12)(H,10,11). The summed E-state index contributed by atoms with van der Waals surface area (Å²) in [5, 5.41) is 10.4. The number of nitrogens with one attached hydrogen (secondary N) is 1. The van der Waals surface area contributed by atoms with Crippen LogP contribution in [0.5, 0.6) is 0 Å². The maximum atomic E-state index is 11.0. The van der Waals surface area contributed by atoms with Gasteiger partial charge >= 0.3 is 11.9 Å². The van der Waals surface area contributed by atoms with Crippen molar-refractivity contribution in [3.8, 4) is 0 Å². The number of hydrogen-bond acceptors (Lipinski definition) is 4. The number of aromatic nitrogens is 1. The van der Waals surface area contributed by atoms with E-state index in [2.05, 4.69) is 10.3 Å². The maximum Gasteiger partial charge on any atom is 0.322 e. The summed E-state index contributed by atoms with van der Waals surface area (Å²) in [5.74, 6) is -1.37. The lowest BCUT2D eigenvalue weighted by Gasteiger charge is -1.96. The second-order valence-electron chi connectivity index (χ2n) is 2.35. The van der Waals surface area contributed by atoms with Crippen molar-refractivity contribution in [3.05, 3.63) is 17.8 Å². The number of nitrogens with zero attached hydrogens (tertiary/aromatic N) is 1. The summed E-state index contributed by atoms with van der Waals surface area (Å²) in [7, 11) is 0. The van der Waals surface area contributed by atoms with Gasteiger partial charge in [0.1, 0.15) is 12.3 Å². The molecule has 0 aliphatic carbocycles. The van der Waals surface area contributed by atoms with Crippen molar-refractivity contribution in [1.29, 1.82) is 0 Å². The molecule has 0 atom stereocenters. The zero-order chi connectivity index (χ0) is 9.84. The smallest absolute Gasteiger partial charge is 0.322 e. The van der Waals surface area contributed by atoms with Crippen molar-refractivity contribution in [2.75, 3.05) is 6.54 Å². The Morgan fingerprint density at radius 3 is 2.85 bits per heavy atom. The van der Waals surface area contributed by atoms with E-state index in [-0.39, 0.29) is 5.89 Å². The van der Waals surface area contributed by atoms with Crippen LogP contribution in [-0.2, 0) is 4.79 Å². The minimum absolute atomic E-state index is 0.126. The Balaban J connectivity index is 2.54. The third-order valence-electron chi connectivity index (χ3n) is 1.22. The third-order valence-corrected chi connectivity index (χ3v) is 1.22. The summed E-state index contributed by atoms with van der Waals surface area (Å²) in [4.78, 5) is 24.7. The molecule has 1 aromatic heterocycles. The van der Waals surface area contributed by atoms with Crippen LogP contribution in [0, 0.1) is 6.92 Å². The lowest BCUT2D eigenvalue weighted by atomic mass is 10.5. The molecule has 6 heteroatoms. The fourth-order valence-corrected chi connectivity index (χ4v) is 0.691. The van der Waals surface area contributed by atoms with Crippen LogP contribution in [0.1, 0.15) is 16.4 Å². The minimum Gasteiger partial charge on any atom is -0.480 e. The van der Waals surface area contributed by atoms with Gasteiger partial charge in [-0.2, -0.15) is 0 Å². The van der Waals surface area contributed by atoms with E-state index < -0.39 is 18.4 Å². The Bertz CT molecular complexity index is 331. The summed E-state index contributed by atoms with van der Waals surface area (Å²) >= 11 is 0. The molecule has 0 spiro atoms. The first-order chi connectivity index (χ1) is 6.09. The second-order valence-corrected chi connectivity index (χ2v) is 2.35. The van der Waals surface area contributed by atoms with Gasteiger partial charge in [0.05, 0.1) is 6.20 Å². The van der Waals surface area contributed by atoms with Crippen molar-refractivity contribution >= 4 is 11.9 Å². The highest BCUT2D eigenvalue weighted by molar-refractivity contribution is 5.91. The second kappa shape index (κ2) is 3.70. The van der Waals surface area contributed by atoms with Gasteiger partial charge in [0, 0.05) is 0 Å². The van der Waals surface area contributed by atoms with Crippen molar-refractivity contribution in [2.45, 2.75) is 6.92 Å². The lowest BCUT2D eigenvalue weighted by molar-refractivity contribution is -0.135. The van der Waals surface area contributed by atoms with E-state index in [0.717, 1.165) is 0 Å². The molecule has 2 N–H and O–H groups in total. The number of carboxylic acids is 1. The van der Waals surface area contributed by atoms with Gasteiger partial charge < -0.3 is 14.8 Å². The van der Waals surface area contributed by atoms with Crippen LogP contribution in [0.3, 0.4) is 0 Å². The van der Waals surface area contributed by atoms with Gasteiger partial charge in [0.25, 0.3) is 5.89 Å². The van der Waals surface area contributed by atoms with Crippen molar-refractivity contribution in [2.24, 2.45) is 0 Å². The van der Waals surface area contributed by atoms with E-state index >= 15 is 0 Å². The third kappa shape index (κ3) is 2.58. The van der Waals surface area contributed by atoms with Crippen LogP contribution in [0.2, 0.25) is 0 Å². The number of aryl methyl sites for hydroxylation is 1. The van der Waals surface area contributed by atoms with Gasteiger partial charge in [-0.25, -0.2) is 4.98 Å². The highest BCUT2D eigenvalue weighted by atomic mass is 16.4.